The first-order chi connectivity index (χ1) is 9.13. The molecular formula is C14H15ClFN3. The molecule has 2 aromatic rings. The molecule has 0 amide bonds. The van der Waals surface area contributed by atoms with Crippen molar-refractivity contribution in [3.8, 4) is 0 Å². The maximum Gasteiger partial charge on any atom is 0.128 e. The van der Waals surface area contributed by atoms with Gasteiger partial charge in [-0.15, -0.1) is 0 Å². The standard InChI is InChI=1S/C14H15ClFN3/c1-18-13(9-4-3-7-19-14(9)17)8-10-11(15)5-2-6-12(10)16/h2-7,13,18H,8H2,1H3,(H2,17,19). The van der Waals surface area contributed by atoms with Crippen molar-refractivity contribution < 1.29 is 4.39 Å². The Morgan fingerprint density at radius 2 is 2.16 bits per heavy atom. The van der Waals surface area contributed by atoms with Crippen molar-refractivity contribution in [3.05, 3.63) is 58.5 Å². The average molecular weight is 280 g/mol. The summed E-state index contributed by atoms with van der Waals surface area (Å²) in [6.07, 6.45) is 2.04. The second-order valence-corrected chi connectivity index (χ2v) is 4.63. The fourth-order valence-electron chi connectivity index (χ4n) is 2.02. The Labute approximate surface area is 116 Å². The predicted octanol–water partition coefficient (Wildman–Crippen LogP) is 2.96. The molecule has 1 heterocycles. The van der Waals surface area contributed by atoms with Gasteiger partial charge < -0.3 is 11.1 Å². The van der Waals surface area contributed by atoms with Gasteiger partial charge in [0.15, 0.2) is 0 Å². The third-order valence-corrected chi connectivity index (χ3v) is 3.42. The van der Waals surface area contributed by atoms with Crippen LogP contribution >= 0.6 is 11.6 Å². The third kappa shape index (κ3) is 3.03. The van der Waals surface area contributed by atoms with Crippen molar-refractivity contribution >= 4 is 17.4 Å². The summed E-state index contributed by atoms with van der Waals surface area (Å²) in [4.78, 5) is 4.05. The molecule has 0 bridgehead atoms. The highest BCUT2D eigenvalue weighted by Crippen LogP contribution is 2.27. The molecular weight excluding hydrogens is 265 g/mol. The minimum Gasteiger partial charge on any atom is -0.383 e. The molecule has 1 aromatic heterocycles. The van der Waals surface area contributed by atoms with Crippen molar-refractivity contribution in [1.82, 2.24) is 10.3 Å². The Morgan fingerprint density at radius 3 is 2.79 bits per heavy atom. The lowest BCUT2D eigenvalue weighted by atomic mass is 9.99. The number of rotatable bonds is 4. The Hall–Kier alpha value is -1.65. The number of hydrogen-bond acceptors (Lipinski definition) is 3. The van der Waals surface area contributed by atoms with Crippen LogP contribution in [0.25, 0.3) is 0 Å². The molecule has 2 rings (SSSR count). The molecule has 3 N–H and O–H groups in total. The Morgan fingerprint density at radius 1 is 1.37 bits per heavy atom. The maximum atomic E-state index is 13.8. The van der Waals surface area contributed by atoms with Gasteiger partial charge in [-0.25, -0.2) is 9.37 Å². The summed E-state index contributed by atoms with van der Waals surface area (Å²) in [6.45, 7) is 0. The van der Waals surface area contributed by atoms with Gasteiger partial charge in [-0.1, -0.05) is 23.7 Å². The number of likely N-dealkylation sites (N-methyl/N-ethyl adjacent to an activating group) is 1. The summed E-state index contributed by atoms with van der Waals surface area (Å²) < 4.78 is 13.8. The lowest BCUT2D eigenvalue weighted by Gasteiger charge is -2.19. The zero-order valence-corrected chi connectivity index (χ0v) is 11.3. The summed E-state index contributed by atoms with van der Waals surface area (Å²) in [5, 5.41) is 3.54. The highest BCUT2D eigenvalue weighted by molar-refractivity contribution is 6.31. The van der Waals surface area contributed by atoms with E-state index in [0.717, 1.165) is 5.56 Å². The van der Waals surface area contributed by atoms with E-state index in [1.165, 1.54) is 6.07 Å². The summed E-state index contributed by atoms with van der Waals surface area (Å²) in [5.74, 6) is 0.129. The van der Waals surface area contributed by atoms with Gasteiger partial charge in [0.1, 0.15) is 11.6 Å². The van der Waals surface area contributed by atoms with Crippen molar-refractivity contribution in [3.63, 3.8) is 0 Å². The first-order valence-electron chi connectivity index (χ1n) is 5.94. The van der Waals surface area contributed by atoms with E-state index in [9.17, 15) is 4.39 Å². The molecule has 1 aromatic carbocycles. The van der Waals surface area contributed by atoms with E-state index >= 15 is 0 Å². The number of anilines is 1. The Kier molecular flexibility index (Phi) is 4.35. The second-order valence-electron chi connectivity index (χ2n) is 4.22. The van der Waals surface area contributed by atoms with E-state index in [1.54, 1.807) is 31.4 Å². The lowest BCUT2D eigenvalue weighted by Crippen LogP contribution is -2.21. The number of hydrogen-bond donors (Lipinski definition) is 2. The van der Waals surface area contributed by atoms with Crippen LogP contribution in [0.1, 0.15) is 17.2 Å². The lowest BCUT2D eigenvalue weighted by molar-refractivity contribution is 0.554. The van der Waals surface area contributed by atoms with Crippen LogP contribution in [-0.4, -0.2) is 12.0 Å². The van der Waals surface area contributed by atoms with Gasteiger partial charge in [0.25, 0.3) is 0 Å². The zero-order valence-electron chi connectivity index (χ0n) is 10.5. The van der Waals surface area contributed by atoms with E-state index < -0.39 is 0 Å². The van der Waals surface area contributed by atoms with Crippen LogP contribution in [-0.2, 0) is 6.42 Å². The van der Waals surface area contributed by atoms with E-state index in [0.29, 0.717) is 22.8 Å². The van der Waals surface area contributed by atoms with Crippen LogP contribution < -0.4 is 11.1 Å². The molecule has 0 aliphatic carbocycles. The first kappa shape index (κ1) is 13.8. The monoisotopic (exact) mass is 279 g/mol. The number of nitrogens with zero attached hydrogens (tertiary/aromatic N) is 1. The van der Waals surface area contributed by atoms with Crippen molar-refractivity contribution in [2.24, 2.45) is 0 Å². The third-order valence-electron chi connectivity index (χ3n) is 3.07. The molecule has 3 nitrogen and oxygen atoms in total. The van der Waals surface area contributed by atoms with Crippen molar-refractivity contribution in [2.45, 2.75) is 12.5 Å². The van der Waals surface area contributed by atoms with Gasteiger partial charge in [0.05, 0.1) is 0 Å². The van der Waals surface area contributed by atoms with Gasteiger partial charge >= 0.3 is 0 Å². The highest BCUT2D eigenvalue weighted by Gasteiger charge is 2.17. The summed E-state index contributed by atoms with van der Waals surface area (Å²) in [6, 6.07) is 8.22. The molecule has 100 valence electrons. The molecule has 0 fully saturated rings. The minimum atomic E-state index is -0.310. The fraction of sp³-hybridized carbons (Fsp3) is 0.214. The number of nitrogens with two attached hydrogens (primary N) is 1. The fourth-order valence-corrected chi connectivity index (χ4v) is 2.26. The number of pyridine rings is 1. The molecule has 0 aliphatic rings. The van der Waals surface area contributed by atoms with Gasteiger partial charge in [-0.2, -0.15) is 0 Å². The Balaban J connectivity index is 2.32. The molecule has 0 saturated heterocycles. The minimum absolute atomic E-state index is 0.136. The number of aromatic nitrogens is 1. The van der Waals surface area contributed by atoms with Gasteiger partial charge in [0.2, 0.25) is 0 Å². The molecule has 0 aliphatic heterocycles. The molecule has 0 radical (unpaired) electrons. The predicted molar refractivity (Wildman–Crippen MR) is 75.6 cm³/mol. The largest absolute Gasteiger partial charge is 0.383 e. The van der Waals surface area contributed by atoms with Gasteiger partial charge in [-0.05, 0) is 31.7 Å². The Bertz CT molecular complexity index is 554. The van der Waals surface area contributed by atoms with Crippen molar-refractivity contribution in [1.29, 1.82) is 0 Å². The zero-order chi connectivity index (χ0) is 13.8. The van der Waals surface area contributed by atoms with Crippen LogP contribution in [0.5, 0.6) is 0 Å². The molecule has 5 heteroatoms. The molecule has 1 atom stereocenters. The topological polar surface area (TPSA) is 50.9 Å². The number of halogens is 2. The van der Waals surface area contributed by atoms with Crippen LogP contribution in [0.15, 0.2) is 36.5 Å². The first-order valence-corrected chi connectivity index (χ1v) is 6.31. The molecule has 1 unspecified atom stereocenters. The second kappa shape index (κ2) is 5.99. The van der Waals surface area contributed by atoms with E-state index in [1.807, 2.05) is 6.07 Å². The average Bonchev–Trinajstić information content (AvgIpc) is 2.40. The summed E-state index contributed by atoms with van der Waals surface area (Å²) in [5.41, 5.74) is 7.16. The quantitative estimate of drug-likeness (QED) is 0.905. The van der Waals surface area contributed by atoms with Gasteiger partial charge in [-0.3, -0.25) is 0 Å². The smallest absolute Gasteiger partial charge is 0.128 e. The van der Waals surface area contributed by atoms with Crippen LogP contribution in [0.2, 0.25) is 5.02 Å². The molecule has 0 spiro atoms. The van der Waals surface area contributed by atoms with E-state index in [2.05, 4.69) is 10.3 Å². The highest BCUT2D eigenvalue weighted by atomic mass is 35.5. The van der Waals surface area contributed by atoms with Crippen LogP contribution in [0.3, 0.4) is 0 Å². The maximum absolute atomic E-state index is 13.8. The summed E-state index contributed by atoms with van der Waals surface area (Å²) in [7, 11) is 1.80. The molecule has 0 saturated carbocycles. The van der Waals surface area contributed by atoms with Gasteiger partial charge in [0, 0.05) is 28.4 Å². The molecule has 19 heavy (non-hydrogen) atoms. The van der Waals surface area contributed by atoms with E-state index in [-0.39, 0.29) is 11.9 Å². The SMILES string of the molecule is CNC(Cc1c(F)cccc1Cl)c1cccnc1N. The number of nitrogens with one attached hydrogen (secondary N) is 1. The normalized spacial score (nSPS) is 12.4. The number of nitrogen functional groups attached to an aromatic ring is 1. The van der Waals surface area contributed by atoms with Crippen molar-refractivity contribution in [2.75, 3.05) is 12.8 Å². The van der Waals surface area contributed by atoms with E-state index in [4.69, 9.17) is 17.3 Å². The summed E-state index contributed by atoms with van der Waals surface area (Å²) >= 11 is 6.04. The van der Waals surface area contributed by atoms with Crippen LogP contribution in [0, 0.1) is 5.82 Å². The van der Waals surface area contributed by atoms with Crippen LogP contribution in [0.4, 0.5) is 10.2 Å². The number of benzene rings is 1.